The van der Waals surface area contributed by atoms with E-state index in [4.69, 9.17) is 0 Å². The number of sulfonamides is 1. The molecule has 6 nitrogen and oxygen atoms in total. The molecule has 3 rings (SSSR count). The molecule has 1 fully saturated rings. The smallest absolute Gasteiger partial charge is 0.261 e. The lowest BCUT2D eigenvalue weighted by atomic mass is 10.1. The Labute approximate surface area is 154 Å². The molecule has 1 amide bonds. The van der Waals surface area contributed by atoms with Crippen LogP contribution in [0.5, 0.6) is 0 Å². The van der Waals surface area contributed by atoms with Crippen LogP contribution in [-0.2, 0) is 10.0 Å². The highest BCUT2D eigenvalue weighted by Crippen LogP contribution is 2.24. The van der Waals surface area contributed by atoms with Crippen molar-refractivity contribution in [3.63, 3.8) is 0 Å². The Balaban J connectivity index is 1.85. The molecule has 1 saturated heterocycles. The minimum atomic E-state index is -3.69. The molecule has 7 heteroatoms. The summed E-state index contributed by atoms with van der Waals surface area (Å²) in [7, 11) is -1.66. The number of carbonyl (C=O) groups is 1. The van der Waals surface area contributed by atoms with Crippen LogP contribution in [0.2, 0.25) is 0 Å². The van der Waals surface area contributed by atoms with Gasteiger partial charge in [-0.3, -0.25) is 9.52 Å². The van der Waals surface area contributed by atoms with Gasteiger partial charge in [0, 0.05) is 31.7 Å². The number of carbonyl (C=O) groups excluding carboxylic acids is 1. The highest BCUT2D eigenvalue weighted by molar-refractivity contribution is 7.92. The second-order valence-corrected chi connectivity index (χ2v) is 8.17. The summed E-state index contributed by atoms with van der Waals surface area (Å²) in [5.41, 5.74) is 1.59. The van der Waals surface area contributed by atoms with E-state index in [1.165, 1.54) is 12.1 Å². The van der Waals surface area contributed by atoms with Gasteiger partial charge < -0.3 is 9.80 Å². The zero-order valence-corrected chi connectivity index (χ0v) is 15.8. The molecule has 26 heavy (non-hydrogen) atoms. The number of anilines is 1. The molecule has 0 atom stereocenters. The highest BCUT2D eigenvalue weighted by Gasteiger charge is 2.23. The van der Waals surface area contributed by atoms with Gasteiger partial charge in [-0.25, -0.2) is 8.42 Å². The van der Waals surface area contributed by atoms with Gasteiger partial charge >= 0.3 is 0 Å². The van der Waals surface area contributed by atoms with Crippen molar-refractivity contribution in [3.8, 4) is 0 Å². The Morgan fingerprint density at radius 2 is 1.62 bits per heavy atom. The maximum atomic E-state index is 12.8. The van der Waals surface area contributed by atoms with Crippen LogP contribution in [0.3, 0.4) is 0 Å². The quantitative estimate of drug-likeness (QED) is 0.892. The Kier molecular flexibility index (Phi) is 5.29. The summed E-state index contributed by atoms with van der Waals surface area (Å²) in [5, 5.41) is 0. The lowest BCUT2D eigenvalue weighted by molar-refractivity contribution is 0.0663. The van der Waals surface area contributed by atoms with E-state index in [1.807, 2.05) is 11.9 Å². The first-order valence-electron chi connectivity index (χ1n) is 8.54. The SMILES string of the molecule is Cc1c(NS(=O)(=O)c2ccccc2)cccc1C(=O)N1CCN(C)CC1. The fourth-order valence-electron chi connectivity index (χ4n) is 2.96. The van der Waals surface area contributed by atoms with Crippen LogP contribution < -0.4 is 4.72 Å². The molecular weight excluding hydrogens is 350 g/mol. The van der Waals surface area contributed by atoms with Crippen molar-refractivity contribution in [2.45, 2.75) is 11.8 Å². The summed E-state index contributed by atoms with van der Waals surface area (Å²) in [6.45, 7) is 4.80. The molecule has 0 aromatic heterocycles. The van der Waals surface area contributed by atoms with Crippen molar-refractivity contribution in [3.05, 3.63) is 59.7 Å². The standard InChI is InChI=1S/C19H23N3O3S/c1-15-17(19(23)22-13-11-21(2)12-14-22)9-6-10-18(15)20-26(24,25)16-7-4-3-5-8-16/h3-10,20H,11-14H2,1-2H3. The van der Waals surface area contributed by atoms with E-state index in [0.717, 1.165) is 13.1 Å². The predicted octanol–water partition coefficient (Wildman–Crippen LogP) is 2.18. The molecule has 1 N–H and O–H groups in total. The van der Waals surface area contributed by atoms with E-state index in [1.54, 1.807) is 43.3 Å². The lowest BCUT2D eigenvalue weighted by Gasteiger charge is -2.32. The van der Waals surface area contributed by atoms with Crippen LogP contribution in [0.15, 0.2) is 53.4 Å². The predicted molar refractivity (Wildman–Crippen MR) is 102 cm³/mol. The van der Waals surface area contributed by atoms with Crippen LogP contribution >= 0.6 is 0 Å². The van der Waals surface area contributed by atoms with Gasteiger partial charge in [-0.15, -0.1) is 0 Å². The number of rotatable bonds is 4. The molecule has 0 spiro atoms. The summed E-state index contributed by atoms with van der Waals surface area (Å²) in [4.78, 5) is 17.0. The average molecular weight is 373 g/mol. The molecule has 1 heterocycles. The number of nitrogens with one attached hydrogen (secondary N) is 1. The van der Waals surface area contributed by atoms with Crippen LogP contribution in [0.1, 0.15) is 15.9 Å². The van der Waals surface area contributed by atoms with E-state index < -0.39 is 10.0 Å². The number of benzene rings is 2. The normalized spacial score (nSPS) is 15.7. The summed E-state index contributed by atoms with van der Waals surface area (Å²) < 4.78 is 27.7. The van der Waals surface area contributed by atoms with Gasteiger partial charge in [-0.05, 0) is 43.8 Å². The zero-order valence-electron chi connectivity index (χ0n) is 15.0. The Hall–Kier alpha value is -2.38. The van der Waals surface area contributed by atoms with Crippen LogP contribution in [0.25, 0.3) is 0 Å². The maximum absolute atomic E-state index is 12.8. The molecule has 1 aliphatic rings. The molecule has 0 aliphatic carbocycles. The van der Waals surface area contributed by atoms with Gasteiger partial charge in [0.25, 0.3) is 15.9 Å². The van der Waals surface area contributed by atoms with Crippen LogP contribution in [0, 0.1) is 6.92 Å². The monoisotopic (exact) mass is 373 g/mol. The number of hydrogen-bond donors (Lipinski definition) is 1. The molecule has 0 saturated carbocycles. The first-order chi connectivity index (χ1) is 12.4. The maximum Gasteiger partial charge on any atom is 0.261 e. The molecule has 2 aromatic carbocycles. The van der Waals surface area contributed by atoms with Gasteiger partial charge in [0.05, 0.1) is 10.6 Å². The van der Waals surface area contributed by atoms with E-state index in [0.29, 0.717) is 29.9 Å². The molecule has 0 radical (unpaired) electrons. The van der Waals surface area contributed by atoms with Crippen molar-refractivity contribution in [2.24, 2.45) is 0 Å². The Morgan fingerprint density at radius 3 is 2.27 bits per heavy atom. The highest BCUT2D eigenvalue weighted by atomic mass is 32.2. The molecule has 0 bridgehead atoms. The molecule has 138 valence electrons. The topological polar surface area (TPSA) is 69.7 Å². The van der Waals surface area contributed by atoms with Gasteiger partial charge in [0.1, 0.15) is 0 Å². The van der Waals surface area contributed by atoms with Gasteiger partial charge in [0.2, 0.25) is 0 Å². The summed E-state index contributed by atoms with van der Waals surface area (Å²) in [5.74, 6) is -0.0589. The van der Waals surface area contributed by atoms with E-state index in [2.05, 4.69) is 9.62 Å². The van der Waals surface area contributed by atoms with Gasteiger partial charge in [-0.2, -0.15) is 0 Å². The largest absolute Gasteiger partial charge is 0.336 e. The number of piperazine rings is 1. The first-order valence-corrected chi connectivity index (χ1v) is 10.0. The second-order valence-electron chi connectivity index (χ2n) is 6.49. The van der Waals surface area contributed by atoms with Crippen molar-refractivity contribution < 1.29 is 13.2 Å². The molecular formula is C19H23N3O3S. The van der Waals surface area contributed by atoms with E-state index in [-0.39, 0.29) is 10.8 Å². The molecule has 1 aliphatic heterocycles. The number of nitrogens with zero attached hydrogens (tertiary/aromatic N) is 2. The van der Waals surface area contributed by atoms with Gasteiger partial charge in [-0.1, -0.05) is 24.3 Å². The third-order valence-corrected chi connectivity index (χ3v) is 6.03. The minimum Gasteiger partial charge on any atom is -0.336 e. The Morgan fingerprint density at radius 1 is 0.962 bits per heavy atom. The van der Waals surface area contributed by atoms with Crippen molar-refractivity contribution in [1.82, 2.24) is 9.80 Å². The lowest BCUT2D eigenvalue weighted by Crippen LogP contribution is -2.47. The summed E-state index contributed by atoms with van der Waals surface area (Å²) >= 11 is 0. The van der Waals surface area contributed by atoms with Gasteiger partial charge in [0.15, 0.2) is 0 Å². The zero-order chi connectivity index (χ0) is 18.7. The summed E-state index contributed by atoms with van der Waals surface area (Å²) in [6.07, 6.45) is 0. The van der Waals surface area contributed by atoms with Crippen molar-refractivity contribution in [2.75, 3.05) is 37.9 Å². The van der Waals surface area contributed by atoms with Crippen molar-refractivity contribution in [1.29, 1.82) is 0 Å². The average Bonchev–Trinajstić information content (AvgIpc) is 2.64. The third-order valence-electron chi connectivity index (χ3n) is 4.65. The fourth-order valence-corrected chi connectivity index (χ4v) is 4.11. The molecule has 0 unspecified atom stereocenters. The van der Waals surface area contributed by atoms with Crippen LogP contribution in [-0.4, -0.2) is 57.4 Å². The second kappa shape index (κ2) is 7.47. The first kappa shape index (κ1) is 18.4. The number of amides is 1. The van der Waals surface area contributed by atoms with E-state index >= 15 is 0 Å². The minimum absolute atomic E-state index is 0.0589. The fraction of sp³-hybridized carbons (Fsp3) is 0.316. The van der Waals surface area contributed by atoms with Crippen molar-refractivity contribution >= 4 is 21.6 Å². The molecule has 2 aromatic rings. The third kappa shape index (κ3) is 3.89. The Bertz CT molecular complexity index is 890. The summed E-state index contributed by atoms with van der Waals surface area (Å²) in [6, 6.07) is 13.3. The van der Waals surface area contributed by atoms with Crippen LogP contribution in [0.4, 0.5) is 5.69 Å². The van der Waals surface area contributed by atoms with E-state index in [9.17, 15) is 13.2 Å². The number of hydrogen-bond acceptors (Lipinski definition) is 4. The number of likely N-dealkylation sites (N-methyl/N-ethyl adjacent to an activating group) is 1.